The maximum atomic E-state index is 13.0. The first kappa shape index (κ1) is 22.9. The van der Waals surface area contributed by atoms with Crippen molar-refractivity contribution in [3.63, 3.8) is 0 Å². The number of rotatable bonds is 7. The summed E-state index contributed by atoms with van der Waals surface area (Å²) in [7, 11) is 4.69. The standard InChI is InChI=1S/C27H24O7/c1-16-11-21(33-25(28)12-17-5-7-19(30-2)8-6-17)15-23-26(16)27(29)24(34-23)14-18-13-20(31-3)9-10-22(18)32-4/h5-11,13-15H,12H2,1-4H3/b24-14-. The van der Waals surface area contributed by atoms with Crippen LogP contribution in [-0.4, -0.2) is 33.1 Å². The molecule has 34 heavy (non-hydrogen) atoms. The van der Waals surface area contributed by atoms with Gasteiger partial charge in [0.2, 0.25) is 5.78 Å². The second-order valence-corrected chi connectivity index (χ2v) is 7.66. The largest absolute Gasteiger partial charge is 0.497 e. The number of allylic oxidation sites excluding steroid dienone is 1. The highest BCUT2D eigenvalue weighted by molar-refractivity contribution is 6.15. The topological polar surface area (TPSA) is 80.3 Å². The van der Waals surface area contributed by atoms with Gasteiger partial charge in [0, 0.05) is 11.6 Å². The molecule has 1 heterocycles. The van der Waals surface area contributed by atoms with Crippen molar-refractivity contribution in [1.82, 2.24) is 0 Å². The second kappa shape index (κ2) is 9.70. The molecule has 0 saturated heterocycles. The molecule has 1 aliphatic heterocycles. The van der Waals surface area contributed by atoms with Gasteiger partial charge in [0.25, 0.3) is 0 Å². The average molecular weight is 460 g/mol. The minimum atomic E-state index is -0.425. The van der Waals surface area contributed by atoms with E-state index in [1.165, 1.54) is 0 Å². The number of hydrogen-bond donors (Lipinski definition) is 0. The van der Waals surface area contributed by atoms with E-state index in [1.54, 1.807) is 88.9 Å². The van der Waals surface area contributed by atoms with E-state index >= 15 is 0 Å². The van der Waals surface area contributed by atoms with Crippen LogP contribution in [0.25, 0.3) is 6.08 Å². The fourth-order valence-electron chi connectivity index (χ4n) is 3.71. The van der Waals surface area contributed by atoms with Gasteiger partial charge in [-0.1, -0.05) is 12.1 Å². The number of ether oxygens (including phenoxy) is 5. The molecule has 0 radical (unpaired) electrons. The Kier molecular flexibility index (Phi) is 6.54. The third kappa shape index (κ3) is 4.73. The maximum absolute atomic E-state index is 13.0. The molecular formula is C27H24O7. The first-order valence-corrected chi connectivity index (χ1v) is 10.6. The number of esters is 1. The SMILES string of the molecule is COc1ccc(CC(=O)Oc2cc(C)c3c(c2)O/C(=C\c2cc(OC)ccc2OC)C3=O)cc1. The van der Waals surface area contributed by atoms with E-state index in [2.05, 4.69) is 0 Å². The smallest absolute Gasteiger partial charge is 0.315 e. The van der Waals surface area contributed by atoms with Crippen LogP contribution in [0.3, 0.4) is 0 Å². The summed E-state index contributed by atoms with van der Waals surface area (Å²) >= 11 is 0. The summed E-state index contributed by atoms with van der Waals surface area (Å²) < 4.78 is 27.2. The van der Waals surface area contributed by atoms with Crippen molar-refractivity contribution in [3.05, 3.63) is 82.6 Å². The van der Waals surface area contributed by atoms with Gasteiger partial charge in [0.1, 0.15) is 28.7 Å². The first-order chi connectivity index (χ1) is 16.4. The zero-order valence-electron chi connectivity index (χ0n) is 19.3. The summed E-state index contributed by atoms with van der Waals surface area (Å²) in [4.78, 5) is 25.5. The van der Waals surface area contributed by atoms with E-state index in [-0.39, 0.29) is 18.0 Å². The highest BCUT2D eigenvalue weighted by Gasteiger charge is 2.30. The summed E-state index contributed by atoms with van der Waals surface area (Å²) in [6, 6.07) is 15.7. The highest BCUT2D eigenvalue weighted by Crippen LogP contribution is 2.38. The second-order valence-electron chi connectivity index (χ2n) is 7.66. The van der Waals surface area contributed by atoms with Crippen LogP contribution in [0.4, 0.5) is 0 Å². The molecule has 7 nitrogen and oxygen atoms in total. The van der Waals surface area contributed by atoms with Crippen LogP contribution in [0.15, 0.2) is 60.4 Å². The van der Waals surface area contributed by atoms with Gasteiger partial charge in [-0.05, 0) is 60.5 Å². The fraction of sp³-hybridized carbons (Fsp3) is 0.185. The van der Waals surface area contributed by atoms with E-state index in [1.807, 2.05) is 0 Å². The molecule has 0 aromatic heterocycles. The summed E-state index contributed by atoms with van der Waals surface area (Å²) in [5.41, 5.74) is 2.52. The number of carbonyl (C=O) groups is 2. The van der Waals surface area contributed by atoms with E-state index < -0.39 is 5.97 Å². The van der Waals surface area contributed by atoms with E-state index in [0.717, 1.165) is 5.56 Å². The van der Waals surface area contributed by atoms with Crippen molar-refractivity contribution in [2.45, 2.75) is 13.3 Å². The Bertz CT molecular complexity index is 1270. The van der Waals surface area contributed by atoms with Gasteiger partial charge in [0.05, 0.1) is 33.3 Å². The van der Waals surface area contributed by atoms with Crippen LogP contribution < -0.4 is 23.7 Å². The number of Topliss-reactive ketones (excluding diaryl/α,β-unsaturated/α-hetero) is 1. The fourth-order valence-corrected chi connectivity index (χ4v) is 3.71. The van der Waals surface area contributed by atoms with E-state index in [0.29, 0.717) is 45.4 Å². The molecule has 0 N–H and O–H groups in total. The monoisotopic (exact) mass is 460 g/mol. The van der Waals surface area contributed by atoms with E-state index in [9.17, 15) is 9.59 Å². The lowest BCUT2D eigenvalue weighted by atomic mass is 10.0. The molecule has 0 saturated carbocycles. The molecular weight excluding hydrogens is 436 g/mol. The summed E-state index contributed by atoms with van der Waals surface area (Å²) in [6.45, 7) is 1.77. The van der Waals surface area contributed by atoms with Crippen molar-refractivity contribution in [2.24, 2.45) is 0 Å². The van der Waals surface area contributed by atoms with Crippen LogP contribution >= 0.6 is 0 Å². The molecule has 1 aliphatic rings. The van der Waals surface area contributed by atoms with Crippen LogP contribution in [-0.2, 0) is 11.2 Å². The number of fused-ring (bicyclic) bond motifs is 1. The number of benzene rings is 3. The molecule has 7 heteroatoms. The molecule has 0 unspecified atom stereocenters. The Hall–Kier alpha value is -4.26. The lowest BCUT2D eigenvalue weighted by Crippen LogP contribution is -2.11. The molecule has 0 aliphatic carbocycles. The number of carbonyl (C=O) groups excluding carboxylic acids is 2. The Labute approximate surface area is 197 Å². The zero-order chi connectivity index (χ0) is 24.2. The molecule has 4 rings (SSSR count). The molecule has 0 fully saturated rings. The van der Waals surface area contributed by atoms with Crippen molar-refractivity contribution < 1.29 is 33.3 Å². The van der Waals surface area contributed by atoms with Crippen molar-refractivity contribution in [1.29, 1.82) is 0 Å². The van der Waals surface area contributed by atoms with Crippen LogP contribution in [0.1, 0.15) is 27.0 Å². The van der Waals surface area contributed by atoms with Crippen LogP contribution in [0.5, 0.6) is 28.7 Å². The molecule has 0 amide bonds. The highest BCUT2D eigenvalue weighted by atomic mass is 16.5. The average Bonchev–Trinajstić information content (AvgIpc) is 3.14. The Morgan fingerprint density at radius 3 is 2.26 bits per heavy atom. The minimum absolute atomic E-state index is 0.0979. The predicted octanol–water partition coefficient (Wildman–Crippen LogP) is 4.79. The van der Waals surface area contributed by atoms with E-state index in [4.69, 9.17) is 23.7 Å². The minimum Gasteiger partial charge on any atom is -0.497 e. The van der Waals surface area contributed by atoms with Crippen molar-refractivity contribution in [2.75, 3.05) is 21.3 Å². The maximum Gasteiger partial charge on any atom is 0.315 e. The summed E-state index contributed by atoms with van der Waals surface area (Å²) in [5, 5.41) is 0. The molecule has 3 aromatic carbocycles. The first-order valence-electron chi connectivity index (χ1n) is 10.6. The van der Waals surface area contributed by atoms with Gasteiger partial charge in [-0.2, -0.15) is 0 Å². The molecule has 0 atom stereocenters. The molecule has 3 aromatic rings. The lowest BCUT2D eigenvalue weighted by molar-refractivity contribution is -0.133. The van der Waals surface area contributed by atoms with Gasteiger partial charge in [-0.25, -0.2) is 0 Å². The van der Waals surface area contributed by atoms with Gasteiger partial charge in [-0.15, -0.1) is 0 Å². The third-order valence-corrected chi connectivity index (χ3v) is 5.41. The number of hydrogen-bond acceptors (Lipinski definition) is 7. The van der Waals surface area contributed by atoms with Crippen LogP contribution in [0, 0.1) is 6.92 Å². The lowest BCUT2D eigenvalue weighted by Gasteiger charge is -2.08. The van der Waals surface area contributed by atoms with Crippen molar-refractivity contribution >= 4 is 17.8 Å². The zero-order valence-corrected chi connectivity index (χ0v) is 19.3. The normalized spacial score (nSPS) is 13.3. The van der Waals surface area contributed by atoms with Crippen molar-refractivity contribution in [3.8, 4) is 28.7 Å². The quantitative estimate of drug-likeness (QED) is 0.285. The molecule has 0 bridgehead atoms. The Balaban J connectivity index is 1.54. The van der Waals surface area contributed by atoms with Gasteiger partial charge < -0.3 is 23.7 Å². The molecule has 174 valence electrons. The third-order valence-electron chi connectivity index (χ3n) is 5.41. The summed E-state index contributed by atoms with van der Waals surface area (Å²) in [6.07, 6.45) is 1.71. The summed E-state index contributed by atoms with van der Waals surface area (Å²) in [5.74, 6) is 2.02. The Morgan fingerprint density at radius 1 is 0.882 bits per heavy atom. The predicted molar refractivity (Wildman–Crippen MR) is 126 cm³/mol. The number of aryl methyl sites for hydroxylation is 1. The number of ketones is 1. The molecule has 0 spiro atoms. The Morgan fingerprint density at radius 2 is 1.59 bits per heavy atom. The van der Waals surface area contributed by atoms with Gasteiger partial charge in [0.15, 0.2) is 5.76 Å². The van der Waals surface area contributed by atoms with Gasteiger partial charge in [-0.3, -0.25) is 9.59 Å². The number of methoxy groups -OCH3 is 3. The van der Waals surface area contributed by atoms with Gasteiger partial charge >= 0.3 is 5.97 Å². The van der Waals surface area contributed by atoms with Crippen LogP contribution in [0.2, 0.25) is 0 Å².